The number of pyridine rings is 1. The van der Waals surface area contributed by atoms with Crippen LogP contribution < -0.4 is 10.2 Å². The average Bonchev–Trinajstić information content (AvgIpc) is 2.44. The zero-order valence-corrected chi connectivity index (χ0v) is 12.0. The maximum absolute atomic E-state index is 11.1. The summed E-state index contributed by atoms with van der Waals surface area (Å²) in [5.41, 5.74) is -0.0562. The zero-order valence-electron chi connectivity index (χ0n) is 12.0. The predicted octanol–water partition coefficient (Wildman–Crippen LogP) is 2.55. The minimum Gasteiger partial charge on any atom is -0.370 e. The molecule has 0 amide bonds. The Bertz CT molecular complexity index is 512. The molecule has 0 aliphatic heterocycles. The molecular formula is C13H19N5O2. The first-order chi connectivity index (χ1) is 9.51. The van der Waals surface area contributed by atoms with E-state index < -0.39 is 4.92 Å². The summed E-state index contributed by atoms with van der Waals surface area (Å²) in [5.74, 6) is 0.877. The van der Waals surface area contributed by atoms with E-state index in [2.05, 4.69) is 16.4 Å². The molecule has 0 saturated heterocycles. The topological polar surface area (TPSA) is 95.1 Å². The van der Waals surface area contributed by atoms with Gasteiger partial charge in [-0.1, -0.05) is 6.92 Å². The van der Waals surface area contributed by atoms with E-state index in [4.69, 9.17) is 5.26 Å². The van der Waals surface area contributed by atoms with E-state index in [9.17, 15) is 10.1 Å². The molecule has 108 valence electrons. The van der Waals surface area contributed by atoms with Gasteiger partial charge in [-0.05, 0) is 19.4 Å². The van der Waals surface area contributed by atoms with Crippen LogP contribution in [0.25, 0.3) is 0 Å². The van der Waals surface area contributed by atoms with Crippen LogP contribution in [0.4, 0.5) is 17.3 Å². The van der Waals surface area contributed by atoms with Crippen molar-refractivity contribution in [2.45, 2.75) is 32.7 Å². The van der Waals surface area contributed by atoms with Gasteiger partial charge in [-0.15, -0.1) is 0 Å². The lowest BCUT2D eigenvalue weighted by atomic mass is 10.2. The molecule has 1 atom stereocenters. The number of rotatable bonds is 7. The summed E-state index contributed by atoms with van der Waals surface area (Å²) in [7, 11) is 1.71. The summed E-state index contributed by atoms with van der Waals surface area (Å²) < 4.78 is 0. The van der Waals surface area contributed by atoms with Crippen molar-refractivity contribution in [2.24, 2.45) is 0 Å². The van der Waals surface area contributed by atoms with E-state index in [0.717, 1.165) is 13.0 Å². The summed E-state index contributed by atoms with van der Waals surface area (Å²) in [5, 5.41) is 22.9. The van der Waals surface area contributed by atoms with Crippen molar-refractivity contribution in [1.29, 1.82) is 5.26 Å². The maximum atomic E-state index is 11.1. The summed E-state index contributed by atoms with van der Waals surface area (Å²) >= 11 is 0. The van der Waals surface area contributed by atoms with Gasteiger partial charge in [-0.25, -0.2) is 4.98 Å². The van der Waals surface area contributed by atoms with Gasteiger partial charge in [0, 0.05) is 25.7 Å². The Morgan fingerprint density at radius 3 is 2.85 bits per heavy atom. The van der Waals surface area contributed by atoms with Crippen LogP contribution in [-0.2, 0) is 0 Å². The standard InChI is InChI=1S/C13H19N5O2/c1-4-9-15-12-6-5-11(18(19)20)13(16-12)17(3)10(2)7-8-14/h5-6,10H,4,7,9H2,1-3H3,(H,15,16). The molecule has 0 saturated carbocycles. The Morgan fingerprint density at radius 1 is 1.60 bits per heavy atom. The highest BCUT2D eigenvalue weighted by molar-refractivity contribution is 5.62. The van der Waals surface area contributed by atoms with Crippen LogP contribution in [0.2, 0.25) is 0 Å². The number of hydrogen-bond acceptors (Lipinski definition) is 6. The maximum Gasteiger partial charge on any atom is 0.311 e. The third-order valence-corrected chi connectivity index (χ3v) is 2.99. The Hall–Kier alpha value is -2.36. The molecule has 0 spiro atoms. The van der Waals surface area contributed by atoms with E-state index in [-0.39, 0.29) is 24.0 Å². The minimum absolute atomic E-state index is 0.0562. The van der Waals surface area contributed by atoms with Crippen molar-refractivity contribution in [3.05, 3.63) is 22.2 Å². The molecule has 0 aliphatic rings. The van der Waals surface area contributed by atoms with Gasteiger partial charge >= 0.3 is 5.69 Å². The van der Waals surface area contributed by atoms with Crippen LogP contribution in [0.3, 0.4) is 0 Å². The van der Waals surface area contributed by atoms with Gasteiger partial charge in [0.15, 0.2) is 0 Å². The normalized spacial score (nSPS) is 11.5. The van der Waals surface area contributed by atoms with Crippen LogP contribution >= 0.6 is 0 Å². The lowest BCUT2D eigenvalue weighted by Gasteiger charge is -2.24. The minimum atomic E-state index is -0.457. The quantitative estimate of drug-likeness (QED) is 0.608. The Morgan fingerprint density at radius 2 is 2.30 bits per heavy atom. The average molecular weight is 277 g/mol. The molecule has 1 aromatic heterocycles. The van der Waals surface area contributed by atoms with Crippen molar-refractivity contribution in [3.63, 3.8) is 0 Å². The Labute approximate surface area is 118 Å². The highest BCUT2D eigenvalue weighted by atomic mass is 16.6. The highest BCUT2D eigenvalue weighted by Gasteiger charge is 2.22. The van der Waals surface area contributed by atoms with Crippen LogP contribution in [-0.4, -0.2) is 29.5 Å². The summed E-state index contributed by atoms with van der Waals surface area (Å²) in [6, 6.07) is 4.95. The number of hydrogen-bond donors (Lipinski definition) is 1. The second-order valence-corrected chi connectivity index (χ2v) is 4.55. The molecule has 1 unspecified atom stereocenters. The van der Waals surface area contributed by atoms with Crippen LogP contribution in [0, 0.1) is 21.4 Å². The first kappa shape index (κ1) is 15.7. The molecule has 7 nitrogen and oxygen atoms in total. The van der Waals surface area contributed by atoms with Gasteiger partial charge in [0.25, 0.3) is 0 Å². The SMILES string of the molecule is CCCNc1ccc([N+](=O)[O-])c(N(C)C(C)CC#N)n1. The van der Waals surface area contributed by atoms with Crippen molar-refractivity contribution < 1.29 is 4.92 Å². The predicted molar refractivity (Wildman–Crippen MR) is 77.8 cm³/mol. The van der Waals surface area contributed by atoms with E-state index in [0.29, 0.717) is 5.82 Å². The Kier molecular flexibility index (Phi) is 5.72. The fourth-order valence-corrected chi connectivity index (χ4v) is 1.67. The third kappa shape index (κ3) is 3.82. The van der Waals surface area contributed by atoms with Gasteiger partial charge in [0.2, 0.25) is 5.82 Å². The first-order valence-electron chi connectivity index (χ1n) is 6.50. The highest BCUT2D eigenvalue weighted by Crippen LogP contribution is 2.28. The van der Waals surface area contributed by atoms with E-state index in [1.807, 2.05) is 13.8 Å². The van der Waals surface area contributed by atoms with Gasteiger partial charge in [0.1, 0.15) is 5.82 Å². The fraction of sp³-hybridized carbons (Fsp3) is 0.538. The summed E-state index contributed by atoms with van der Waals surface area (Å²) in [6.45, 7) is 4.61. The van der Waals surface area contributed by atoms with Gasteiger partial charge in [-0.3, -0.25) is 10.1 Å². The number of nitrogens with one attached hydrogen (secondary N) is 1. The second kappa shape index (κ2) is 7.28. The number of nitro groups is 1. The van der Waals surface area contributed by atoms with Crippen molar-refractivity contribution >= 4 is 17.3 Å². The zero-order chi connectivity index (χ0) is 15.1. The molecule has 1 N–H and O–H groups in total. The molecule has 1 rings (SSSR count). The molecule has 1 heterocycles. The fourth-order valence-electron chi connectivity index (χ4n) is 1.67. The molecule has 0 radical (unpaired) electrons. The second-order valence-electron chi connectivity index (χ2n) is 4.55. The number of nitriles is 1. The summed E-state index contributed by atoms with van der Waals surface area (Å²) in [4.78, 5) is 16.6. The molecule has 0 aromatic carbocycles. The lowest BCUT2D eigenvalue weighted by Crippen LogP contribution is -2.30. The van der Waals surface area contributed by atoms with E-state index >= 15 is 0 Å². The third-order valence-electron chi connectivity index (χ3n) is 2.99. The Balaban J connectivity index is 3.11. The van der Waals surface area contributed by atoms with Crippen molar-refractivity contribution in [3.8, 4) is 6.07 Å². The van der Waals surface area contributed by atoms with Gasteiger partial charge < -0.3 is 10.2 Å². The molecule has 0 bridgehead atoms. The largest absolute Gasteiger partial charge is 0.370 e. The molecular weight excluding hydrogens is 258 g/mol. The molecule has 20 heavy (non-hydrogen) atoms. The van der Waals surface area contributed by atoms with Crippen LogP contribution in [0.5, 0.6) is 0 Å². The van der Waals surface area contributed by atoms with Crippen LogP contribution in [0.1, 0.15) is 26.7 Å². The van der Waals surface area contributed by atoms with Gasteiger partial charge in [-0.2, -0.15) is 5.26 Å². The smallest absolute Gasteiger partial charge is 0.311 e. The van der Waals surface area contributed by atoms with Crippen molar-refractivity contribution in [2.75, 3.05) is 23.8 Å². The number of anilines is 2. The van der Waals surface area contributed by atoms with Crippen molar-refractivity contribution in [1.82, 2.24) is 4.98 Å². The van der Waals surface area contributed by atoms with E-state index in [1.54, 1.807) is 18.0 Å². The number of nitrogens with zero attached hydrogens (tertiary/aromatic N) is 4. The van der Waals surface area contributed by atoms with Gasteiger partial charge in [0.05, 0.1) is 17.4 Å². The van der Waals surface area contributed by atoms with E-state index in [1.165, 1.54) is 6.07 Å². The van der Waals surface area contributed by atoms with Crippen LogP contribution in [0.15, 0.2) is 12.1 Å². The monoisotopic (exact) mass is 277 g/mol. The lowest BCUT2D eigenvalue weighted by molar-refractivity contribution is -0.384. The first-order valence-corrected chi connectivity index (χ1v) is 6.50. The molecule has 0 fully saturated rings. The molecule has 0 aliphatic carbocycles. The summed E-state index contributed by atoms with van der Waals surface area (Å²) in [6.07, 6.45) is 1.22. The molecule has 7 heteroatoms. The molecule has 1 aromatic rings. The number of aromatic nitrogens is 1.